The zero-order chi connectivity index (χ0) is 19.1. The van der Waals surface area contributed by atoms with E-state index in [9.17, 15) is 22.8 Å². The number of anilines is 2. The van der Waals surface area contributed by atoms with Gasteiger partial charge >= 0.3 is 6.18 Å². The molecule has 0 unspecified atom stereocenters. The van der Waals surface area contributed by atoms with E-state index >= 15 is 0 Å². The van der Waals surface area contributed by atoms with Gasteiger partial charge in [-0.1, -0.05) is 23.7 Å². The molecule has 2 aromatic rings. The van der Waals surface area contributed by atoms with Gasteiger partial charge in [0, 0.05) is 5.69 Å². The Morgan fingerprint density at radius 3 is 2.54 bits per heavy atom. The van der Waals surface area contributed by atoms with Crippen molar-refractivity contribution in [3.8, 4) is 0 Å². The van der Waals surface area contributed by atoms with Gasteiger partial charge in [-0.05, 0) is 42.8 Å². The van der Waals surface area contributed by atoms with Crippen molar-refractivity contribution in [1.29, 1.82) is 0 Å². The minimum absolute atomic E-state index is 0.101. The molecule has 0 aliphatic carbocycles. The fraction of sp³-hybridized carbons (Fsp3) is 0.222. The molecular formula is C18H14ClF3N2O2. The Balaban J connectivity index is 1.90. The summed E-state index contributed by atoms with van der Waals surface area (Å²) in [6.07, 6.45) is -4.77. The van der Waals surface area contributed by atoms with Gasteiger partial charge in [-0.25, -0.2) is 4.90 Å². The van der Waals surface area contributed by atoms with E-state index in [1.165, 1.54) is 0 Å². The quantitative estimate of drug-likeness (QED) is 0.800. The van der Waals surface area contributed by atoms with Crippen molar-refractivity contribution in [3.63, 3.8) is 0 Å². The molecule has 1 aliphatic rings. The predicted octanol–water partition coefficient (Wildman–Crippen LogP) is 4.41. The monoisotopic (exact) mass is 382 g/mol. The Hall–Kier alpha value is -2.54. The van der Waals surface area contributed by atoms with Gasteiger partial charge in [0.2, 0.25) is 5.91 Å². The molecule has 1 atom stereocenters. The molecule has 26 heavy (non-hydrogen) atoms. The van der Waals surface area contributed by atoms with Crippen molar-refractivity contribution in [2.24, 2.45) is 0 Å². The first kappa shape index (κ1) is 18.3. The standard InChI is InChI=1S/C18H14ClF3N2O2/c1-10-3-2-4-12(7-10)23-14-9-16(25)24(17(14)26)15-8-11(18(20,21)22)5-6-13(15)19/h2-8,14,23H,9H2,1H3/t14-/m0/s1. The number of hydrogen-bond donors (Lipinski definition) is 1. The number of benzene rings is 2. The molecule has 0 radical (unpaired) electrons. The number of alkyl halides is 3. The van der Waals surface area contributed by atoms with Crippen LogP contribution in [0, 0.1) is 6.92 Å². The molecule has 1 fully saturated rings. The van der Waals surface area contributed by atoms with E-state index in [2.05, 4.69) is 5.32 Å². The second-order valence-corrected chi connectivity index (χ2v) is 6.41. The van der Waals surface area contributed by atoms with E-state index in [1.54, 1.807) is 18.2 Å². The van der Waals surface area contributed by atoms with Crippen LogP contribution >= 0.6 is 11.6 Å². The Labute approximate surface area is 152 Å². The summed E-state index contributed by atoms with van der Waals surface area (Å²) in [6.45, 7) is 1.88. The number of halogens is 4. The highest BCUT2D eigenvalue weighted by Crippen LogP contribution is 2.37. The third-order valence-corrected chi connectivity index (χ3v) is 4.34. The molecule has 1 heterocycles. The third-order valence-electron chi connectivity index (χ3n) is 4.02. The Bertz CT molecular complexity index is 883. The second-order valence-electron chi connectivity index (χ2n) is 6.00. The van der Waals surface area contributed by atoms with Crippen molar-refractivity contribution >= 4 is 34.8 Å². The lowest BCUT2D eigenvalue weighted by Gasteiger charge is -2.19. The first-order chi connectivity index (χ1) is 12.2. The van der Waals surface area contributed by atoms with Gasteiger partial charge in [0.1, 0.15) is 6.04 Å². The topological polar surface area (TPSA) is 49.4 Å². The number of nitrogens with zero attached hydrogens (tertiary/aromatic N) is 1. The molecule has 136 valence electrons. The highest BCUT2D eigenvalue weighted by molar-refractivity contribution is 6.36. The maximum atomic E-state index is 12.9. The summed E-state index contributed by atoms with van der Waals surface area (Å²) in [4.78, 5) is 25.6. The second kappa shape index (κ2) is 6.64. The number of aryl methyl sites for hydroxylation is 1. The average molecular weight is 383 g/mol. The number of hydrogen-bond acceptors (Lipinski definition) is 3. The van der Waals surface area contributed by atoms with Crippen LogP contribution in [0.1, 0.15) is 17.5 Å². The number of carbonyl (C=O) groups excluding carboxylic acids is 2. The largest absolute Gasteiger partial charge is 0.416 e. The summed E-state index contributed by atoms with van der Waals surface area (Å²) in [5.41, 5.74) is 0.371. The van der Waals surface area contributed by atoms with Gasteiger partial charge in [0.15, 0.2) is 0 Å². The fourth-order valence-electron chi connectivity index (χ4n) is 2.79. The smallest absolute Gasteiger partial charge is 0.373 e. The van der Waals surface area contributed by atoms with Crippen molar-refractivity contribution in [2.75, 3.05) is 10.2 Å². The van der Waals surface area contributed by atoms with Gasteiger partial charge in [-0.15, -0.1) is 0 Å². The van der Waals surface area contributed by atoms with Gasteiger partial charge in [-0.2, -0.15) is 13.2 Å². The van der Waals surface area contributed by atoms with Crippen molar-refractivity contribution in [3.05, 3.63) is 58.6 Å². The first-order valence-electron chi connectivity index (χ1n) is 7.73. The summed E-state index contributed by atoms with van der Waals surface area (Å²) in [5, 5.41) is 2.85. The number of rotatable bonds is 3. The van der Waals surface area contributed by atoms with Crippen molar-refractivity contribution < 1.29 is 22.8 Å². The molecule has 0 spiro atoms. The molecule has 2 aromatic carbocycles. The van der Waals surface area contributed by atoms with Crippen LogP contribution in [0.5, 0.6) is 0 Å². The van der Waals surface area contributed by atoms with Crippen LogP contribution in [0.4, 0.5) is 24.5 Å². The van der Waals surface area contributed by atoms with E-state index in [0.29, 0.717) is 16.7 Å². The summed E-state index contributed by atoms with van der Waals surface area (Å²) in [5.74, 6) is -1.25. The minimum Gasteiger partial charge on any atom is -0.373 e. The zero-order valence-electron chi connectivity index (χ0n) is 13.6. The molecule has 3 rings (SSSR count). The Kier molecular flexibility index (Phi) is 4.66. The highest BCUT2D eigenvalue weighted by atomic mass is 35.5. The summed E-state index contributed by atoms with van der Waals surface area (Å²) in [6, 6.07) is 8.90. The zero-order valence-corrected chi connectivity index (χ0v) is 14.4. The number of nitrogens with one attached hydrogen (secondary N) is 1. The van der Waals surface area contributed by atoms with Gasteiger partial charge in [0.25, 0.3) is 5.91 Å². The van der Waals surface area contributed by atoms with Crippen LogP contribution in [-0.2, 0) is 15.8 Å². The molecule has 0 aromatic heterocycles. The Morgan fingerprint density at radius 1 is 1.15 bits per heavy atom. The van der Waals surface area contributed by atoms with E-state index in [0.717, 1.165) is 17.7 Å². The lowest BCUT2D eigenvalue weighted by atomic mass is 10.1. The summed E-state index contributed by atoms with van der Waals surface area (Å²) >= 11 is 5.95. The fourth-order valence-corrected chi connectivity index (χ4v) is 3.00. The molecule has 1 saturated heterocycles. The molecular weight excluding hydrogens is 369 g/mol. The minimum atomic E-state index is -4.61. The van der Waals surface area contributed by atoms with Gasteiger partial charge in [-0.3, -0.25) is 9.59 Å². The molecule has 0 saturated carbocycles. The van der Waals surface area contributed by atoms with E-state index in [1.807, 2.05) is 13.0 Å². The Morgan fingerprint density at radius 2 is 1.88 bits per heavy atom. The van der Waals surface area contributed by atoms with Gasteiger partial charge < -0.3 is 5.32 Å². The van der Waals surface area contributed by atoms with E-state index in [-0.39, 0.29) is 17.1 Å². The molecule has 8 heteroatoms. The van der Waals surface area contributed by atoms with Crippen LogP contribution in [-0.4, -0.2) is 17.9 Å². The van der Waals surface area contributed by atoms with Crippen LogP contribution in [0.15, 0.2) is 42.5 Å². The maximum Gasteiger partial charge on any atom is 0.416 e. The number of imide groups is 1. The summed E-state index contributed by atoms with van der Waals surface area (Å²) < 4.78 is 38.8. The number of amides is 2. The highest BCUT2D eigenvalue weighted by Gasteiger charge is 2.41. The van der Waals surface area contributed by atoms with Gasteiger partial charge in [0.05, 0.1) is 22.7 Å². The van der Waals surface area contributed by atoms with Crippen LogP contribution in [0.25, 0.3) is 0 Å². The third kappa shape index (κ3) is 3.53. The lowest BCUT2D eigenvalue weighted by Crippen LogP contribution is -2.35. The van der Waals surface area contributed by atoms with E-state index in [4.69, 9.17) is 11.6 Å². The predicted molar refractivity (Wildman–Crippen MR) is 92.2 cm³/mol. The van der Waals surface area contributed by atoms with E-state index < -0.39 is 29.6 Å². The summed E-state index contributed by atoms with van der Waals surface area (Å²) in [7, 11) is 0. The normalized spacial score (nSPS) is 17.7. The van der Waals surface area contributed by atoms with Crippen molar-refractivity contribution in [2.45, 2.75) is 25.6 Å². The average Bonchev–Trinajstić information content (AvgIpc) is 2.81. The lowest BCUT2D eigenvalue weighted by molar-refractivity contribution is -0.137. The van der Waals surface area contributed by atoms with Crippen molar-refractivity contribution in [1.82, 2.24) is 0 Å². The van der Waals surface area contributed by atoms with Crippen LogP contribution in [0.2, 0.25) is 5.02 Å². The first-order valence-corrected chi connectivity index (χ1v) is 8.11. The van der Waals surface area contributed by atoms with Crippen LogP contribution < -0.4 is 10.2 Å². The molecule has 4 nitrogen and oxygen atoms in total. The molecule has 1 aliphatic heterocycles. The molecule has 1 N–H and O–H groups in total. The SMILES string of the molecule is Cc1cccc(N[C@H]2CC(=O)N(c3cc(C(F)(F)F)ccc3Cl)C2=O)c1. The number of carbonyl (C=O) groups is 2. The maximum absolute atomic E-state index is 12.9. The molecule has 0 bridgehead atoms. The molecule has 2 amide bonds. The van der Waals surface area contributed by atoms with Crippen LogP contribution in [0.3, 0.4) is 0 Å².